The Morgan fingerprint density at radius 1 is 1.29 bits per heavy atom. The molecule has 0 bridgehead atoms. The molecule has 0 fully saturated rings. The van der Waals surface area contributed by atoms with Crippen molar-refractivity contribution in [2.45, 2.75) is 19.4 Å². The Labute approximate surface area is 126 Å². The van der Waals surface area contributed by atoms with Crippen LogP contribution < -0.4 is 0 Å². The molecule has 1 aliphatic heterocycles. The highest BCUT2D eigenvalue weighted by atomic mass is 32.1. The summed E-state index contributed by atoms with van der Waals surface area (Å²) in [6.07, 6.45) is 1.10. The van der Waals surface area contributed by atoms with Gasteiger partial charge in [0.1, 0.15) is 0 Å². The first-order chi connectivity index (χ1) is 10.1. The van der Waals surface area contributed by atoms with Crippen molar-refractivity contribution in [1.29, 1.82) is 0 Å². The summed E-state index contributed by atoms with van der Waals surface area (Å²) in [5.74, 6) is -0.877. The molecule has 21 heavy (non-hydrogen) atoms. The van der Waals surface area contributed by atoms with Crippen molar-refractivity contribution in [2.75, 3.05) is 6.54 Å². The molecule has 5 heteroatoms. The van der Waals surface area contributed by atoms with Gasteiger partial charge in [-0.3, -0.25) is 4.79 Å². The number of aromatic carboxylic acids is 1. The Bertz CT molecular complexity index is 679. The molecule has 0 aliphatic carbocycles. The van der Waals surface area contributed by atoms with Gasteiger partial charge in [-0.05, 0) is 46.0 Å². The van der Waals surface area contributed by atoms with E-state index in [1.165, 1.54) is 0 Å². The number of fused-ring (bicyclic) bond motifs is 1. The third-order valence-corrected chi connectivity index (χ3v) is 4.52. The second-order valence-electron chi connectivity index (χ2n) is 5.12. The van der Waals surface area contributed by atoms with Gasteiger partial charge in [0.15, 0.2) is 0 Å². The Morgan fingerprint density at radius 3 is 2.86 bits per heavy atom. The number of rotatable bonds is 3. The molecule has 0 saturated carbocycles. The van der Waals surface area contributed by atoms with Gasteiger partial charge in [0.2, 0.25) is 5.91 Å². The number of carbonyl (C=O) groups is 2. The van der Waals surface area contributed by atoms with Gasteiger partial charge < -0.3 is 10.0 Å². The molecule has 1 amide bonds. The maximum Gasteiger partial charge on any atom is 0.336 e. The molecule has 2 aromatic rings. The SMILES string of the molecule is O=C(O)c1cccc2c1CN(C(=O)Cc1ccsc1)CC2. The van der Waals surface area contributed by atoms with Gasteiger partial charge in [-0.1, -0.05) is 12.1 Å². The molecule has 4 nitrogen and oxygen atoms in total. The van der Waals surface area contributed by atoms with Crippen LogP contribution in [0.2, 0.25) is 0 Å². The van der Waals surface area contributed by atoms with E-state index in [0.29, 0.717) is 31.5 Å². The monoisotopic (exact) mass is 301 g/mol. The van der Waals surface area contributed by atoms with Crippen LogP contribution in [0.5, 0.6) is 0 Å². The average Bonchev–Trinajstić information content (AvgIpc) is 2.98. The number of nitrogens with zero attached hydrogens (tertiary/aromatic N) is 1. The van der Waals surface area contributed by atoms with Gasteiger partial charge in [-0.15, -0.1) is 0 Å². The van der Waals surface area contributed by atoms with E-state index in [2.05, 4.69) is 0 Å². The highest BCUT2D eigenvalue weighted by Crippen LogP contribution is 2.23. The molecule has 0 atom stereocenters. The largest absolute Gasteiger partial charge is 0.478 e. The second-order valence-corrected chi connectivity index (χ2v) is 5.90. The fourth-order valence-electron chi connectivity index (χ4n) is 2.67. The van der Waals surface area contributed by atoms with Crippen LogP contribution in [0.25, 0.3) is 0 Å². The van der Waals surface area contributed by atoms with Crippen molar-refractivity contribution in [3.63, 3.8) is 0 Å². The van der Waals surface area contributed by atoms with Crippen LogP contribution in [0.3, 0.4) is 0 Å². The lowest BCUT2D eigenvalue weighted by molar-refractivity contribution is -0.131. The highest BCUT2D eigenvalue weighted by molar-refractivity contribution is 7.08. The number of carboxylic acid groups (broad SMARTS) is 1. The predicted molar refractivity (Wildman–Crippen MR) is 80.5 cm³/mol. The lowest BCUT2D eigenvalue weighted by Crippen LogP contribution is -2.37. The molecule has 0 spiro atoms. The van der Waals surface area contributed by atoms with Crippen molar-refractivity contribution < 1.29 is 14.7 Å². The van der Waals surface area contributed by atoms with Gasteiger partial charge in [-0.25, -0.2) is 4.79 Å². The second kappa shape index (κ2) is 5.69. The minimum Gasteiger partial charge on any atom is -0.478 e. The lowest BCUT2D eigenvalue weighted by Gasteiger charge is -2.29. The number of hydrogen-bond acceptors (Lipinski definition) is 3. The molecule has 0 radical (unpaired) electrons. The van der Waals surface area contributed by atoms with Crippen LogP contribution in [0, 0.1) is 0 Å². The molecule has 0 unspecified atom stereocenters. The molecule has 1 aliphatic rings. The maximum atomic E-state index is 12.3. The topological polar surface area (TPSA) is 57.6 Å². The minimum atomic E-state index is -0.931. The summed E-state index contributed by atoms with van der Waals surface area (Å²) in [6, 6.07) is 7.27. The average molecular weight is 301 g/mol. The van der Waals surface area contributed by atoms with Crippen LogP contribution in [0.4, 0.5) is 0 Å². The third kappa shape index (κ3) is 2.83. The molecule has 1 N–H and O–H groups in total. The Balaban J connectivity index is 1.80. The molecule has 3 rings (SSSR count). The van der Waals surface area contributed by atoms with Gasteiger partial charge in [0.05, 0.1) is 12.0 Å². The number of hydrogen-bond donors (Lipinski definition) is 1. The van der Waals surface area contributed by atoms with Gasteiger partial charge in [0, 0.05) is 13.1 Å². The number of thiophene rings is 1. The summed E-state index contributed by atoms with van der Waals surface area (Å²) in [5, 5.41) is 13.2. The zero-order valence-corrected chi connectivity index (χ0v) is 12.2. The van der Waals surface area contributed by atoms with E-state index in [9.17, 15) is 14.7 Å². The first kappa shape index (κ1) is 13.8. The summed E-state index contributed by atoms with van der Waals surface area (Å²) >= 11 is 1.57. The summed E-state index contributed by atoms with van der Waals surface area (Å²) < 4.78 is 0. The van der Waals surface area contributed by atoms with Crippen LogP contribution in [-0.2, 0) is 24.2 Å². The van der Waals surface area contributed by atoms with Gasteiger partial charge in [-0.2, -0.15) is 11.3 Å². The van der Waals surface area contributed by atoms with Gasteiger partial charge in [0.25, 0.3) is 0 Å². The minimum absolute atomic E-state index is 0.0549. The van der Waals surface area contributed by atoms with Crippen molar-refractivity contribution in [3.05, 3.63) is 57.3 Å². The van der Waals surface area contributed by atoms with E-state index in [0.717, 1.165) is 16.7 Å². The molecular weight excluding hydrogens is 286 g/mol. The molecule has 1 aromatic carbocycles. The van der Waals surface area contributed by atoms with Crippen LogP contribution >= 0.6 is 11.3 Å². The Morgan fingerprint density at radius 2 is 2.14 bits per heavy atom. The quantitative estimate of drug-likeness (QED) is 0.948. The Kier molecular flexibility index (Phi) is 3.75. The summed E-state index contributed by atoms with van der Waals surface area (Å²) in [7, 11) is 0. The molecule has 1 aromatic heterocycles. The van der Waals surface area contributed by atoms with Crippen LogP contribution in [0.15, 0.2) is 35.0 Å². The van der Waals surface area contributed by atoms with E-state index < -0.39 is 5.97 Å². The summed E-state index contributed by atoms with van der Waals surface area (Å²) in [4.78, 5) is 25.4. The van der Waals surface area contributed by atoms with E-state index in [4.69, 9.17) is 0 Å². The first-order valence-corrected chi connectivity index (χ1v) is 7.72. The maximum absolute atomic E-state index is 12.3. The van der Waals surface area contributed by atoms with Crippen molar-refractivity contribution >= 4 is 23.2 Å². The molecular formula is C16H15NO3S. The predicted octanol–water partition coefficient (Wildman–Crippen LogP) is 2.57. The van der Waals surface area contributed by atoms with Gasteiger partial charge >= 0.3 is 5.97 Å². The van der Waals surface area contributed by atoms with E-state index in [-0.39, 0.29) is 5.91 Å². The van der Waals surface area contributed by atoms with Crippen molar-refractivity contribution in [1.82, 2.24) is 4.90 Å². The van der Waals surface area contributed by atoms with Crippen molar-refractivity contribution in [2.24, 2.45) is 0 Å². The van der Waals surface area contributed by atoms with E-state index in [1.807, 2.05) is 22.9 Å². The lowest BCUT2D eigenvalue weighted by atomic mass is 9.94. The fourth-order valence-corrected chi connectivity index (χ4v) is 3.34. The fraction of sp³-hybridized carbons (Fsp3) is 0.250. The molecule has 0 saturated heterocycles. The van der Waals surface area contributed by atoms with Crippen LogP contribution in [-0.4, -0.2) is 28.4 Å². The van der Waals surface area contributed by atoms with E-state index in [1.54, 1.807) is 28.4 Å². The summed E-state index contributed by atoms with van der Waals surface area (Å²) in [6.45, 7) is 1.04. The number of benzene rings is 1. The highest BCUT2D eigenvalue weighted by Gasteiger charge is 2.24. The van der Waals surface area contributed by atoms with Crippen LogP contribution in [0.1, 0.15) is 27.0 Å². The number of carboxylic acids is 1. The smallest absolute Gasteiger partial charge is 0.336 e. The van der Waals surface area contributed by atoms with Crippen molar-refractivity contribution in [3.8, 4) is 0 Å². The molecule has 108 valence electrons. The number of amides is 1. The number of carbonyl (C=O) groups excluding carboxylic acids is 1. The Hall–Kier alpha value is -2.14. The van der Waals surface area contributed by atoms with E-state index >= 15 is 0 Å². The summed E-state index contributed by atoms with van der Waals surface area (Å²) in [5.41, 5.74) is 3.13. The standard InChI is InChI=1S/C16H15NO3S/c18-15(8-11-5-7-21-10-11)17-6-4-12-2-1-3-13(16(19)20)14(12)9-17/h1-3,5,7,10H,4,6,8-9H2,(H,19,20). The zero-order valence-electron chi connectivity index (χ0n) is 11.4. The third-order valence-electron chi connectivity index (χ3n) is 3.79. The first-order valence-electron chi connectivity index (χ1n) is 6.78. The molecule has 2 heterocycles. The normalized spacial score (nSPS) is 13.8. The zero-order chi connectivity index (χ0) is 14.8.